The number of hydrogen-bond donors (Lipinski definition) is 1. The zero-order valence-corrected chi connectivity index (χ0v) is 15.0. The van der Waals surface area contributed by atoms with Crippen LogP contribution < -0.4 is 5.32 Å². The summed E-state index contributed by atoms with van der Waals surface area (Å²) in [7, 11) is 0. The summed E-state index contributed by atoms with van der Waals surface area (Å²) in [5.74, 6) is 1.08. The molecular weight excluding hydrogens is 314 g/mol. The van der Waals surface area contributed by atoms with Crippen LogP contribution in [0.25, 0.3) is 0 Å². The van der Waals surface area contributed by atoms with Gasteiger partial charge in [-0.1, -0.05) is 31.3 Å². The van der Waals surface area contributed by atoms with Crippen LogP contribution in [0.4, 0.5) is 5.13 Å². The van der Waals surface area contributed by atoms with Crippen molar-refractivity contribution < 1.29 is 4.79 Å². The first-order valence-corrected chi connectivity index (χ1v) is 9.09. The third kappa shape index (κ3) is 4.81. The zero-order chi connectivity index (χ0) is 16.1. The van der Waals surface area contributed by atoms with Gasteiger partial charge in [0.15, 0.2) is 0 Å². The van der Waals surface area contributed by atoms with Gasteiger partial charge in [0.05, 0.1) is 0 Å². The Morgan fingerprint density at radius 2 is 2.05 bits per heavy atom. The van der Waals surface area contributed by atoms with Crippen molar-refractivity contribution in [1.29, 1.82) is 0 Å². The smallest absolute Gasteiger partial charge is 0.227 e. The van der Waals surface area contributed by atoms with E-state index in [2.05, 4.69) is 61.4 Å². The number of thioether (sulfide) groups is 1. The van der Waals surface area contributed by atoms with E-state index in [1.807, 2.05) is 0 Å². The molecule has 6 heteroatoms. The van der Waals surface area contributed by atoms with Crippen LogP contribution in [0.2, 0.25) is 0 Å². The van der Waals surface area contributed by atoms with Crippen LogP contribution in [0, 0.1) is 13.8 Å². The van der Waals surface area contributed by atoms with Crippen molar-refractivity contribution in [1.82, 2.24) is 10.2 Å². The molecule has 1 aromatic carbocycles. The quantitative estimate of drug-likeness (QED) is 0.795. The number of anilines is 1. The van der Waals surface area contributed by atoms with Gasteiger partial charge in [-0.05, 0) is 37.1 Å². The number of benzene rings is 1. The van der Waals surface area contributed by atoms with E-state index in [4.69, 9.17) is 0 Å². The van der Waals surface area contributed by atoms with Crippen molar-refractivity contribution in [2.45, 2.75) is 44.9 Å². The van der Waals surface area contributed by atoms with Crippen LogP contribution >= 0.6 is 23.1 Å². The maximum absolute atomic E-state index is 11.9. The molecule has 0 bridgehead atoms. The molecule has 0 atom stereocenters. The van der Waals surface area contributed by atoms with Crippen molar-refractivity contribution >= 4 is 34.1 Å². The second kappa shape index (κ2) is 7.74. The highest BCUT2D eigenvalue weighted by Gasteiger charge is 2.10. The minimum atomic E-state index is -0.0113. The van der Waals surface area contributed by atoms with Gasteiger partial charge in [-0.15, -0.1) is 22.0 Å². The SMILES string of the molecule is Cc1ccc(SCCC(=O)Nc2nnc(C(C)C)s2)cc1C. The third-order valence-corrected chi connectivity index (χ3v) is 5.39. The van der Waals surface area contributed by atoms with Gasteiger partial charge in [0.2, 0.25) is 11.0 Å². The number of hydrogen-bond acceptors (Lipinski definition) is 5. The summed E-state index contributed by atoms with van der Waals surface area (Å²) in [6.45, 7) is 8.33. The van der Waals surface area contributed by atoms with Crippen LogP contribution in [0.15, 0.2) is 23.1 Å². The number of rotatable bonds is 6. The Hall–Kier alpha value is -1.40. The monoisotopic (exact) mass is 335 g/mol. The van der Waals surface area contributed by atoms with Crippen molar-refractivity contribution in [3.8, 4) is 0 Å². The maximum Gasteiger partial charge on any atom is 0.227 e. The van der Waals surface area contributed by atoms with Gasteiger partial charge in [0, 0.05) is 23.0 Å². The molecular formula is C16H21N3OS2. The number of amides is 1. The lowest BCUT2D eigenvalue weighted by atomic mass is 10.1. The standard InChI is InChI=1S/C16H21N3OS2/c1-10(2)15-18-19-16(22-15)17-14(20)7-8-21-13-6-5-11(3)12(4)9-13/h5-6,9-10H,7-8H2,1-4H3,(H,17,19,20). The summed E-state index contributed by atoms with van der Waals surface area (Å²) >= 11 is 3.14. The molecule has 22 heavy (non-hydrogen) atoms. The topological polar surface area (TPSA) is 54.9 Å². The predicted molar refractivity (Wildman–Crippen MR) is 93.9 cm³/mol. The minimum Gasteiger partial charge on any atom is -0.301 e. The third-order valence-electron chi connectivity index (χ3n) is 3.26. The van der Waals surface area contributed by atoms with E-state index < -0.39 is 0 Å². The van der Waals surface area contributed by atoms with Crippen LogP contribution in [0.5, 0.6) is 0 Å². The molecule has 0 aliphatic rings. The zero-order valence-electron chi connectivity index (χ0n) is 13.3. The highest BCUT2D eigenvalue weighted by atomic mass is 32.2. The lowest BCUT2D eigenvalue weighted by Gasteiger charge is -2.05. The Labute approximate surface area is 139 Å². The van der Waals surface area contributed by atoms with E-state index in [1.165, 1.54) is 27.4 Å². The molecule has 0 saturated heterocycles. The lowest BCUT2D eigenvalue weighted by Crippen LogP contribution is -2.11. The van der Waals surface area contributed by atoms with Crippen LogP contribution in [0.3, 0.4) is 0 Å². The molecule has 0 radical (unpaired) electrons. The Morgan fingerprint density at radius 1 is 1.27 bits per heavy atom. The molecule has 4 nitrogen and oxygen atoms in total. The molecule has 0 aliphatic heterocycles. The first kappa shape index (κ1) is 17.0. The molecule has 1 heterocycles. The summed E-state index contributed by atoms with van der Waals surface area (Å²) in [4.78, 5) is 13.1. The molecule has 0 unspecified atom stereocenters. The second-order valence-electron chi connectivity index (χ2n) is 5.49. The highest BCUT2D eigenvalue weighted by molar-refractivity contribution is 7.99. The van der Waals surface area contributed by atoms with Crippen LogP contribution in [0.1, 0.15) is 42.3 Å². The van der Waals surface area contributed by atoms with Crippen LogP contribution in [-0.2, 0) is 4.79 Å². The molecule has 1 amide bonds. The van der Waals surface area contributed by atoms with Gasteiger partial charge in [-0.25, -0.2) is 0 Å². The Morgan fingerprint density at radius 3 is 2.68 bits per heavy atom. The molecule has 118 valence electrons. The second-order valence-corrected chi connectivity index (χ2v) is 7.67. The van der Waals surface area contributed by atoms with Crippen LogP contribution in [-0.4, -0.2) is 21.9 Å². The Kier molecular flexibility index (Phi) is 5.97. The maximum atomic E-state index is 11.9. The average molecular weight is 335 g/mol. The molecule has 0 saturated carbocycles. The van der Waals surface area contributed by atoms with Gasteiger partial charge in [0.1, 0.15) is 5.01 Å². The summed E-state index contributed by atoms with van der Waals surface area (Å²) < 4.78 is 0. The van der Waals surface area contributed by atoms with Gasteiger partial charge in [-0.3, -0.25) is 4.79 Å². The number of aromatic nitrogens is 2. The van der Waals surface area contributed by atoms with E-state index in [1.54, 1.807) is 11.8 Å². The number of carbonyl (C=O) groups is 1. The summed E-state index contributed by atoms with van der Waals surface area (Å²) in [6.07, 6.45) is 0.466. The van der Waals surface area contributed by atoms with E-state index in [-0.39, 0.29) is 5.91 Å². The summed E-state index contributed by atoms with van der Waals surface area (Å²) in [6, 6.07) is 6.38. The van der Waals surface area contributed by atoms with Crippen molar-refractivity contribution in [2.24, 2.45) is 0 Å². The number of carbonyl (C=O) groups excluding carboxylic acids is 1. The van der Waals surface area contributed by atoms with Crippen molar-refractivity contribution in [3.05, 3.63) is 34.3 Å². The Bertz CT molecular complexity index is 653. The van der Waals surface area contributed by atoms with Gasteiger partial charge in [0.25, 0.3) is 0 Å². The molecule has 1 N–H and O–H groups in total. The largest absolute Gasteiger partial charge is 0.301 e. The van der Waals surface area contributed by atoms with Gasteiger partial charge in [-0.2, -0.15) is 0 Å². The fourth-order valence-electron chi connectivity index (χ4n) is 1.77. The highest BCUT2D eigenvalue weighted by Crippen LogP contribution is 2.24. The average Bonchev–Trinajstić information content (AvgIpc) is 2.91. The first-order chi connectivity index (χ1) is 10.5. The molecule has 2 rings (SSSR count). The normalized spacial score (nSPS) is 11.0. The molecule has 2 aromatic rings. The summed E-state index contributed by atoms with van der Waals surface area (Å²) in [5.41, 5.74) is 2.57. The fourth-order valence-corrected chi connectivity index (χ4v) is 3.47. The molecule has 0 fully saturated rings. The molecule has 1 aromatic heterocycles. The predicted octanol–water partition coefficient (Wildman–Crippen LogP) is 4.40. The lowest BCUT2D eigenvalue weighted by molar-refractivity contribution is -0.115. The minimum absolute atomic E-state index is 0.0113. The van der Waals surface area contributed by atoms with E-state index in [9.17, 15) is 4.79 Å². The number of nitrogens with one attached hydrogen (secondary N) is 1. The van der Waals surface area contributed by atoms with Gasteiger partial charge >= 0.3 is 0 Å². The van der Waals surface area contributed by atoms with Crippen molar-refractivity contribution in [3.63, 3.8) is 0 Å². The van der Waals surface area contributed by atoms with Crippen molar-refractivity contribution in [2.75, 3.05) is 11.1 Å². The number of aryl methyl sites for hydroxylation is 2. The van der Waals surface area contributed by atoms with E-state index in [0.29, 0.717) is 17.5 Å². The van der Waals surface area contributed by atoms with Gasteiger partial charge < -0.3 is 5.32 Å². The molecule has 0 spiro atoms. The summed E-state index contributed by atoms with van der Waals surface area (Å²) in [5, 5.41) is 12.4. The number of nitrogens with zero attached hydrogens (tertiary/aromatic N) is 2. The molecule has 0 aliphatic carbocycles. The first-order valence-electron chi connectivity index (χ1n) is 7.29. The Balaban J connectivity index is 1.78. The van der Waals surface area contributed by atoms with E-state index >= 15 is 0 Å². The van der Waals surface area contributed by atoms with E-state index in [0.717, 1.165) is 10.8 Å². The fraction of sp³-hybridized carbons (Fsp3) is 0.438.